The molecule has 2 unspecified atom stereocenters. The molecule has 112 valence electrons. The highest BCUT2D eigenvalue weighted by Gasteiger charge is 2.32. The number of fused-ring (bicyclic) bond motifs is 1. The molecule has 2 atom stereocenters. The molecule has 1 aromatic heterocycles. The van der Waals surface area contributed by atoms with Crippen LogP contribution in [0.15, 0.2) is 39.8 Å². The largest absolute Gasteiger partial charge is 0.383 e. The number of nitrogens with zero attached hydrogens (tertiary/aromatic N) is 2. The van der Waals surface area contributed by atoms with E-state index in [-0.39, 0.29) is 6.04 Å². The van der Waals surface area contributed by atoms with Crippen LogP contribution in [0, 0.1) is 0 Å². The third-order valence-corrected chi connectivity index (χ3v) is 5.65. The number of nitrogens with two attached hydrogens (primary N) is 1. The van der Waals surface area contributed by atoms with Gasteiger partial charge in [-0.2, -0.15) is 5.10 Å². The summed E-state index contributed by atoms with van der Waals surface area (Å²) in [7, 11) is 1.70. The summed E-state index contributed by atoms with van der Waals surface area (Å²) in [4.78, 5) is 1.34. The molecule has 0 spiro atoms. The fourth-order valence-electron chi connectivity index (χ4n) is 2.73. The number of ether oxygens (including phenoxy) is 1. The van der Waals surface area contributed by atoms with Gasteiger partial charge >= 0.3 is 0 Å². The van der Waals surface area contributed by atoms with E-state index in [2.05, 4.69) is 45.3 Å². The summed E-state index contributed by atoms with van der Waals surface area (Å²) >= 11 is 5.47. The summed E-state index contributed by atoms with van der Waals surface area (Å²) < 4.78 is 8.07. The molecule has 0 radical (unpaired) electrons. The van der Waals surface area contributed by atoms with E-state index >= 15 is 0 Å². The summed E-state index contributed by atoms with van der Waals surface area (Å²) in [6.07, 6.45) is 1.82. The van der Waals surface area contributed by atoms with Gasteiger partial charge in [-0.3, -0.25) is 4.68 Å². The number of hydrogen-bond donors (Lipinski definition) is 1. The van der Waals surface area contributed by atoms with Gasteiger partial charge in [0.25, 0.3) is 0 Å². The molecule has 0 amide bonds. The smallest absolute Gasteiger partial charge is 0.0701 e. The van der Waals surface area contributed by atoms with Crippen molar-refractivity contribution in [3.8, 4) is 0 Å². The first kappa shape index (κ1) is 15.1. The highest BCUT2D eigenvalue weighted by molar-refractivity contribution is 9.10. The van der Waals surface area contributed by atoms with Crippen LogP contribution in [-0.2, 0) is 11.3 Å². The Kier molecular flexibility index (Phi) is 4.69. The second-order valence-electron chi connectivity index (χ2n) is 5.07. The molecule has 0 saturated heterocycles. The average molecular weight is 368 g/mol. The normalized spacial score (nSPS) is 18.7. The van der Waals surface area contributed by atoms with Crippen LogP contribution in [0.3, 0.4) is 0 Å². The third-order valence-electron chi connectivity index (χ3n) is 3.83. The van der Waals surface area contributed by atoms with E-state index in [9.17, 15) is 0 Å². The molecule has 2 aromatic rings. The number of halogens is 1. The van der Waals surface area contributed by atoms with Crippen molar-refractivity contribution in [3.05, 3.63) is 46.2 Å². The Bertz CT molecular complexity index is 631. The molecule has 0 saturated carbocycles. The van der Waals surface area contributed by atoms with E-state index in [4.69, 9.17) is 10.5 Å². The van der Waals surface area contributed by atoms with Gasteiger partial charge in [0.2, 0.25) is 0 Å². The van der Waals surface area contributed by atoms with E-state index in [1.807, 2.05) is 22.6 Å². The van der Waals surface area contributed by atoms with Crippen LogP contribution < -0.4 is 5.73 Å². The monoisotopic (exact) mass is 367 g/mol. The molecule has 21 heavy (non-hydrogen) atoms. The molecule has 2 N–H and O–H groups in total. The first-order valence-electron chi connectivity index (χ1n) is 6.90. The van der Waals surface area contributed by atoms with Gasteiger partial charge in [-0.25, -0.2) is 0 Å². The maximum absolute atomic E-state index is 6.59. The van der Waals surface area contributed by atoms with Crippen molar-refractivity contribution in [1.82, 2.24) is 9.78 Å². The van der Waals surface area contributed by atoms with Gasteiger partial charge in [0.1, 0.15) is 0 Å². The lowest BCUT2D eigenvalue weighted by molar-refractivity contribution is 0.181. The van der Waals surface area contributed by atoms with Gasteiger partial charge in [-0.05, 0) is 27.6 Å². The van der Waals surface area contributed by atoms with Crippen molar-refractivity contribution in [2.75, 3.05) is 19.5 Å². The number of thioether (sulfide) groups is 1. The number of aromatic nitrogens is 2. The molecule has 1 aromatic carbocycles. The van der Waals surface area contributed by atoms with Crippen LogP contribution >= 0.6 is 27.7 Å². The molecular weight excluding hydrogens is 350 g/mol. The van der Waals surface area contributed by atoms with Crippen molar-refractivity contribution in [3.63, 3.8) is 0 Å². The van der Waals surface area contributed by atoms with Crippen LogP contribution in [0.1, 0.15) is 23.2 Å². The first-order valence-corrected chi connectivity index (χ1v) is 8.67. The third kappa shape index (κ3) is 2.90. The summed E-state index contributed by atoms with van der Waals surface area (Å²) in [5, 5.41) is 4.40. The maximum atomic E-state index is 6.59. The second-order valence-corrected chi connectivity index (χ2v) is 6.99. The molecule has 6 heteroatoms. The fourth-order valence-corrected chi connectivity index (χ4v) is 4.60. The van der Waals surface area contributed by atoms with E-state index in [1.54, 1.807) is 7.11 Å². The highest BCUT2D eigenvalue weighted by atomic mass is 79.9. The predicted molar refractivity (Wildman–Crippen MR) is 88.6 cm³/mol. The molecule has 2 heterocycles. The first-order chi connectivity index (χ1) is 10.2. The molecule has 1 aliphatic rings. The van der Waals surface area contributed by atoms with Crippen molar-refractivity contribution < 1.29 is 4.74 Å². The molecule has 3 rings (SSSR count). The molecule has 1 aliphatic heterocycles. The molecule has 0 aliphatic carbocycles. The van der Waals surface area contributed by atoms with E-state index in [1.165, 1.54) is 10.5 Å². The Morgan fingerprint density at radius 2 is 2.33 bits per heavy atom. The number of hydrogen-bond acceptors (Lipinski definition) is 4. The zero-order valence-corrected chi connectivity index (χ0v) is 14.2. The molecule has 4 nitrogen and oxygen atoms in total. The summed E-state index contributed by atoms with van der Waals surface area (Å²) in [5.74, 6) is 1.34. The highest BCUT2D eigenvalue weighted by Crippen LogP contribution is 2.45. The number of methoxy groups -OCH3 is 1. The van der Waals surface area contributed by atoms with Crippen LogP contribution in [0.25, 0.3) is 0 Å². The SMILES string of the molecule is COCCn1ncc(Br)c1C(N)C1CSc2ccccc21. The zero-order chi connectivity index (χ0) is 14.8. The lowest BCUT2D eigenvalue weighted by atomic mass is 9.92. The van der Waals surface area contributed by atoms with Crippen LogP contribution in [0.4, 0.5) is 0 Å². The minimum Gasteiger partial charge on any atom is -0.383 e. The minimum atomic E-state index is -0.0742. The zero-order valence-electron chi connectivity index (χ0n) is 11.8. The van der Waals surface area contributed by atoms with Gasteiger partial charge in [0.05, 0.1) is 35.6 Å². The topological polar surface area (TPSA) is 53.1 Å². The lowest BCUT2D eigenvalue weighted by Gasteiger charge is -2.21. The van der Waals surface area contributed by atoms with E-state index in [0.29, 0.717) is 19.1 Å². The van der Waals surface area contributed by atoms with Crippen molar-refractivity contribution in [2.45, 2.75) is 23.4 Å². The van der Waals surface area contributed by atoms with Gasteiger partial charge in [-0.1, -0.05) is 18.2 Å². The van der Waals surface area contributed by atoms with E-state index in [0.717, 1.165) is 15.9 Å². The molecule has 0 bridgehead atoms. The van der Waals surface area contributed by atoms with Crippen molar-refractivity contribution in [1.29, 1.82) is 0 Å². The van der Waals surface area contributed by atoms with Crippen LogP contribution in [0.5, 0.6) is 0 Å². The van der Waals surface area contributed by atoms with Gasteiger partial charge in [0, 0.05) is 23.7 Å². The fraction of sp³-hybridized carbons (Fsp3) is 0.400. The Hall–Kier alpha value is -0.820. The average Bonchev–Trinajstić information content (AvgIpc) is 3.08. The number of rotatable bonds is 5. The van der Waals surface area contributed by atoms with Gasteiger partial charge in [0.15, 0.2) is 0 Å². The Morgan fingerprint density at radius 1 is 1.52 bits per heavy atom. The predicted octanol–water partition coefficient (Wildman–Crippen LogP) is 3.18. The molecular formula is C15H18BrN3OS. The minimum absolute atomic E-state index is 0.0742. The van der Waals surface area contributed by atoms with E-state index < -0.39 is 0 Å². The van der Waals surface area contributed by atoms with Crippen molar-refractivity contribution >= 4 is 27.7 Å². The standard InChI is InChI=1S/C15H18BrN3OS/c1-20-7-6-19-15(12(16)8-18-19)14(17)11-9-21-13-5-3-2-4-10(11)13/h2-5,8,11,14H,6-7,9,17H2,1H3. The van der Waals surface area contributed by atoms with Crippen molar-refractivity contribution in [2.24, 2.45) is 5.73 Å². The van der Waals surface area contributed by atoms with Gasteiger partial charge in [-0.15, -0.1) is 11.8 Å². The van der Waals surface area contributed by atoms with Crippen LogP contribution in [-0.4, -0.2) is 29.3 Å². The second kappa shape index (κ2) is 6.52. The molecule has 0 fully saturated rings. The van der Waals surface area contributed by atoms with Crippen LogP contribution in [0.2, 0.25) is 0 Å². The summed E-state index contributed by atoms with van der Waals surface area (Å²) in [6.45, 7) is 1.34. The maximum Gasteiger partial charge on any atom is 0.0701 e. The number of benzene rings is 1. The Balaban J connectivity index is 1.89. The summed E-state index contributed by atoms with van der Waals surface area (Å²) in [5.41, 5.74) is 8.99. The summed E-state index contributed by atoms with van der Waals surface area (Å²) in [6, 6.07) is 8.45. The Labute approximate surface area is 137 Å². The quantitative estimate of drug-likeness (QED) is 0.881. The van der Waals surface area contributed by atoms with Gasteiger partial charge < -0.3 is 10.5 Å². The Morgan fingerprint density at radius 3 is 3.14 bits per heavy atom. The lowest BCUT2D eigenvalue weighted by Crippen LogP contribution is -2.24.